The highest BCUT2D eigenvalue weighted by atomic mass is 15.2. The van der Waals surface area contributed by atoms with Gasteiger partial charge in [-0.25, -0.2) is 9.97 Å². The average molecular weight is 274 g/mol. The first kappa shape index (κ1) is 15.0. The maximum Gasteiger partial charge on any atom is 0.234 e. The van der Waals surface area contributed by atoms with Gasteiger partial charge in [0.1, 0.15) is 0 Å². The van der Waals surface area contributed by atoms with Crippen molar-refractivity contribution in [1.29, 1.82) is 0 Å². The highest BCUT2D eigenvalue weighted by Crippen LogP contribution is 2.19. The number of imidazole rings is 1. The fourth-order valence-corrected chi connectivity index (χ4v) is 2.67. The van der Waals surface area contributed by atoms with Crippen LogP contribution in [0.4, 0.5) is 0 Å². The topological polar surface area (TPSA) is 33.4 Å². The van der Waals surface area contributed by atoms with Crippen molar-refractivity contribution in [2.24, 2.45) is 5.92 Å². The van der Waals surface area contributed by atoms with E-state index in [2.05, 4.69) is 39.3 Å². The Kier molecular flexibility index (Phi) is 5.12. The molecule has 2 aromatic rings. The molecule has 0 saturated carbocycles. The lowest BCUT2D eigenvalue weighted by molar-refractivity contribution is 0.183. The molecule has 20 heavy (non-hydrogen) atoms. The number of rotatable bonds is 2. The van der Waals surface area contributed by atoms with Crippen molar-refractivity contribution >= 4 is 5.78 Å². The Bertz CT molecular complexity index is 538. The third kappa shape index (κ3) is 3.18. The molecule has 0 unspecified atom stereocenters. The van der Waals surface area contributed by atoms with Gasteiger partial charge in [0.2, 0.25) is 5.78 Å². The molecule has 3 rings (SSSR count). The van der Waals surface area contributed by atoms with Crippen molar-refractivity contribution in [2.75, 3.05) is 13.1 Å². The molecular weight excluding hydrogens is 248 g/mol. The van der Waals surface area contributed by atoms with Crippen molar-refractivity contribution in [3.05, 3.63) is 29.8 Å². The van der Waals surface area contributed by atoms with Crippen LogP contribution in [0.1, 0.15) is 45.0 Å². The lowest BCUT2D eigenvalue weighted by Crippen LogP contribution is -2.32. The van der Waals surface area contributed by atoms with E-state index in [0.717, 1.165) is 23.9 Å². The fraction of sp³-hybridized carbons (Fsp3) is 0.625. The molecule has 0 aliphatic carbocycles. The number of hydrogen-bond acceptors (Lipinski definition) is 3. The van der Waals surface area contributed by atoms with Gasteiger partial charge in [-0.2, -0.15) is 0 Å². The van der Waals surface area contributed by atoms with Gasteiger partial charge in [0.25, 0.3) is 0 Å². The van der Waals surface area contributed by atoms with E-state index in [1.54, 1.807) is 6.20 Å². The smallest absolute Gasteiger partial charge is 0.234 e. The second-order valence-corrected chi connectivity index (χ2v) is 5.39. The Morgan fingerprint density at radius 1 is 1.25 bits per heavy atom. The fourth-order valence-electron chi connectivity index (χ4n) is 2.67. The second-order valence-electron chi connectivity index (χ2n) is 5.39. The van der Waals surface area contributed by atoms with Crippen molar-refractivity contribution in [2.45, 2.75) is 47.1 Å². The highest BCUT2D eigenvalue weighted by Gasteiger charge is 2.18. The molecule has 0 amide bonds. The molecule has 0 radical (unpaired) electrons. The van der Waals surface area contributed by atoms with Crippen LogP contribution in [0.15, 0.2) is 18.5 Å². The zero-order valence-electron chi connectivity index (χ0n) is 13.1. The lowest BCUT2D eigenvalue weighted by Gasteiger charge is -2.30. The van der Waals surface area contributed by atoms with Crippen LogP contribution in [0.3, 0.4) is 0 Å². The summed E-state index contributed by atoms with van der Waals surface area (Å²) in [6.07, 6.45) is 6.49. The van der Waals surface area contributed by atoms with Crippen LogP contribution in [-0.2, 0) is 6.54 Å². The van der Waals surface area contributed by atoms with Gasteiger partial charge in [-0.1, -0.05) is 20.8 Å². The number of likely N-dealkylation sites (tertiary alicyclic amines) is 1. The largest absolute Gasteiger partial charge is 0.297 e. The van der Waals surface area contributed by atoms with Crippen LogP contribution in [0, 0.1) is 12.8 Å². The van der Waals surface area contributed by atoms with Crippen LogP contribution in [-0.4, -0.2) is 32.4 Å². The molecule has 1 aliphatic rings. The Morgan fingerprint density at radius 3 is 2.65 bits per heavy atom. The van der Waals surface area contributed by atoms with Crippen LogP contribution < -0.4 is 0 Å². The first-order valence-electron chi connectivity index (χ1n) is 7.75. The molecule has 1 saturated heterocycles. The van der Waals surface area contributed by atoms with E-state index in [4.69, 9.17) is 0 Å². The maximum absolute atomic E-state index is 4.52. The van der Waals surface area contributed by atoms with E-state index in [1.165, 1.54) is 31.6 Å². The molecule has 2 aromatic heterocycles. The van der Waals surface area contributed by atoms with Gasteiger partial charge in [-0.05, 0) is 44.8 Å². The van der Waals surface area contributed by atoms with Gasteiger partial charge in [-0.15, -0.1) is 0 Å². The molecule has 0 bridgehead atoms. The summed E-state index contributed by atoms with van der Waals surface area (Å²) in [5.41, 5.74) is 2.39. The van der Waals surface area contributed by atoms with E-state index >= 15 is 0 Å². The van der Waals surface area contributed by atoms with Gasteiger partial charge in [0.15, 0.2) is 0 Å². The van der Waals surface area contributed by atoms with Gasteiger partial charge < -0.3 is 0 Å². The monoisotopic (exact) mass is 274 g/mol. The molecule has 110 valence electrons. The Balaban J connectivity index is 0.000000704. The van der Waals surface area contributed by atoms with E-state index in [0.29, 0.717) is 0 Å². The van der Waals surface area contributed by atoms with Crippen molar-refractivity contribution in [3.63, 3.8) is 0 Å². The minimum absolute atomic E-state index is 0.815. The molecule has 0 atom stereocenters. The van der Waals surface area contributed by atoms with Crippen LogP contribution in [0.25, 0.3) is 5.78 Å². The summed E-state index contributed by atoms with van der Waals surface area (Å²) in [4.78, 5) is 11.4. The number of aryl methyl sites for hydroxylation is 1. The van der Waals surface area contributed by atoms with Crippen molar-refractivity contribution < 1.29 is 0 Å². The SMILES string of the molecule is CC.Cc1nc2ncccn2c1CN1CCC(C)CC1. The third-order valence-corrected chi connectivity index (χ3v) is 3.95. The van der Waals surface area contributed by atoms with Crippen LogP contribution in [0.2, 0.25) is 0 Å². The minimum atomic E-state index is 0.815. The Hall–Kier alpha value is -1.42. The summed E-state index contributed by atoms with van der Waals surface area (Å²) < 4.78 is 2.12. The van der Waals surface area contributed by atoms with E-state index in [9.17, 15) is 0 Å². The predicted molar refractivity (Wildman–Crippen MR) is 82.7 cm³/mol. The highest BCUT2D eigenvalue weighted by molar-refractivity contribution is 5.34. The molecule has 1 aliphatic heterocycles. The zero-order chi connectivity index (χ0) is 14.5. The summed E-state index contributed by atoms with van der Waals surface area (Å²) in [7, 11) is 0. The first-order chi connectivity index (χ1) is 9.74. The molecule has 4 heteroatoms. The van der Waals surface area contributed by atoms with Gasteiger partial charge >= 0.3 is 0 Å². The number of fused-ring (bicyclic) bond motifs is 1. The van der Waals surface area contributed by atoms with Gasteiger partial charge in [0.05, 0.1) is 11.4 Å². The standard InChI is InChI=1S/C14H20N4.C2H6/c1-11-4-8-17(9-5-11)10-13-12(2)16-14-15-6-3-7-18(13)14;1-2/h3,6-7,11H,4-5,8-10H2,1-2H3;1-2H3. The Morgan fingerprint density at radius 2 is 1.95 bits per heavy atom. The van der Waals surface area contributed by atoms with Crippen molar-refractivity contribution in [1.82, 2.24) is 19.3 Å². The Labute approximate surface area is 121 Å². The summed E-state index contributed by atoms with van der Waals surface area (Å²) in [6.45, 7) is 11.8. The number of hydrogen-bond donors (Lipinski definition) is 0. The summed E-state index contributed by atoms with van der Waals surface area (Å²) in [5.74, 6) is 1.70. The van der Waals surface area contributed by atoms with Gasteiger partial charge in [0, 0.05) is 18.9 Å². The van der Waals surface area contributed by atoms with E-state index in [1.807, 2.05) is 19.9 Å². The molecule has 4 nitrogen and oxygen atoms in total. The predicted octanol–water partition coefficient (Wildman–Crippen LogP) is 3.30. The number of piperidine rings is 1. The van der Waals surface area contributed by atoms with E-state index < -0.39 is 0 Å². The molecule has 0 aromatic carbocycles. The minimum Gasteiger partial charge on any atom is -0.297 e. The molecule has 3 heterocycles. The summed E-state index contributed by atoms with van der Waals surface area (Å²) >= 11 is 0. The van der Waals surface area contributed by atoms with Gasteiger partial charge in [-0.3, -0.25) is 9.30 Å². The second kappa shape index (κ2) is 6.84. The zero-order valence-corrected chi connectivity index (χ0v) is 13.1. The third-order valence-electron chi connectivity index (χ3n) is 3.95. The average Bonchev–Trinajstić information content (AvgIpc) is 2.80. The number of nitrogens with zero attached hydrogens (tertiary/aromatic N) is 4. The molecule has 0 N–H and O–H groups in total. The number of aromatic nitrogens is 3. The van der Waals surface area contributed by atoms with Crippen molar-refractivity contribution in [3.8, 4) is 0 Å². The molecule has 1 fully saturated rings. The normalized spacial score (nSPS) is 17.0. The first-order valence-corrected chi connectivity index (χ1v) is 7.75. The summed E-state index contributed by atoms with van der Waals surface area (Å²) in [6, 6.07) is 1.97. The maximum atomic E-state index is 4.52. The molecule has 0 spiro atoms. The van der Waals surface area contributed by atoms with Crippen LogP contribution in [0.5, 0.6) is 0 Å². The van der Waals surface area contributed by atoms with E-state index in [-0.39, 0.29) is 0 Å². The summed E-state index contributed by atoms with van der Waals surface area (Å²) in [5, 5.41) is 0. The quantitative estimate of drug-likeness (QED) is 0.842. The van der Waals surface area contributed by atoms with Crippen LogP contribution >= 0.6 is 0 Å². The lowest BCUT2D eigenvalue weighted by atomic mass is 9.99. The molecular formula is C16H26N4.